The number of carboxylic acid groups (broad SMARTS) is 2. The number of carboxylic acids is 2. The fourth-order valence-corrected chi connectivity index (χ4v) is 3.70. The van der Waals surface area contributed by atoms with Crippen molar-refractivity contribution in [2.75, 3.05) is 38.2 Å². The molecule has 10 heteroatoms. The van der Waals surface area contributed by atoms with Crippen LogP contribution in [0, 0.1) is 11.7 Å². The summed E-state index contributed by atoms with van der Waals surface area (Å²) in [5, 5.41) is 22.1. The maximum atomic E-state index is 14.5. The molecular weight excluding hydrogens is 469 g/mol. The van der Waals surface area contributed by atoms with E-state index < -0.39 is 18.0 Å². The SMILES string of the molecule is Fc1ccccc1C(OCC1CCOCC1)c1ccc(NC2=NCCN2)cc1.O=C(O)C=CC(=O)O. The van der Waals surface area contributed by atoms with Crippen molar-refractivity contribution < 1.29 is 33.7 Å². The summed E-state index contributed by atoms with van der Waals surface area (Å²) in [6.45, 7) is 3.79. The molecule has 2 aromatic carbocycles. The van der Waals surface area contributed by atoms with Crippen molar-refractivity contribution in [3.8, 4) is 0 Å². The van der Waals surface area contributed by atoms with Crippen molar-refractivity contribution in [2.45, 2.75) is 18.9 Å². The zero-order valence-corrected chi connectivity index (χ0v) is 19.7. The van der Waals surface area contributed by atoms with Gasteiger partial charge in [-0.3, -0.25) is 4.99 Å². The predicted molar refractivity (Wildman–Crippen MR) is 133 cm³/mol. The second-order valence-corrected chi connectivity index (χ2v) is 8.20. The van der Waals surface area contributed by atoms with Crippen LogP contribution in [0.3, 0.4) is 0 Å². The van der Waals surface area contributed by atoms with E-state index in [-0.39, 0.29) is 5.82 Å². The number of halogens is 1. The number of hydrogen-bond acceptors (Lipinski definition) is 7. The van der Waals surface area contributed by atoms with Crippen LogP contribution in [0.25, 0.3) is 0 Å². The number of nitrogens with zero attached hydrogens (tertiary/aromatic N) is 1. The van der Waals surface area contributed by atoms with Gasteiger partial charge in [0.05, 0.1) is 13.2 Å². The molecule has 1 unspecified atom stereocenters. The summed E-state index contributed by atoms with van der Waals surface area (Å²) < 4.78 is 26.2. The number of aliphatic carboxylic acids is 2. The third-order valence-corrected chi connectivity index (χ3v) is 5.55. The Morgan fingerprint density at radius 1 is 1.11 bits per heavy atom. The molecule has 0 radical (unpaired) electrons. The van der Waals surface area contributed by atoms with Crippen LogP contribution in [0.1, 0.15) is 30.1 Å². The molecule has 0 aliphatic carbocycles. The van der Waals surface area contributed by atoms with Gasteiger partial charge in [-0.15, -0.1) is 0 Å². The maximum Gasteiger partial charge on any atom is 0.328 e. The Kier molecular flexibility index (Phi) is 10.4. The lowest BCUT2D eigenvalue weighted by atomic mass is 9.98. The first-order chi connectivity index (χ1) is 17.4. The topological polar surface area (TPSA) is 129 Å². The monoisotopic (exact) mass is 499 g/mol. The molecular formula is C26H30FN3O6. The lowest BCUT2D eigenvalue weighted by Crippen LogP contribution is -2.26. The van der Waals surface area contributed by atoms with Crippen LogP contribution >= 0.6 is 0 Å². The van der Waals surface area contributed by atoms with Crippen LogP contribution in [0.4, 0.5) is 10.1 Å². The molecule has 1 atom stereocenters. The van der Waals surface area contributed by atoms with E-state index >= 15 is 0 Å². The normalized spacial score (nSPS) is 16.4. The average Bonchev–Trinajstić information content (AvgIpc) is 3.39. The maximum absolute atomic E-state index is 14.5. The molecule has 2 aromatic rings. The summed E-state index contributed by atoms with van der Waals surface area (Å²) in [4.78, 5) is 23.4. The van der Waals surface area contributed by atoms with E-state index in [0.29, 0.717) is 30.2 Å². The van der Waals surface area contributed by atoms with Gasteiger partial charge < -0.3 is 30.3 Å². The van der Waals surface area contributed by atoms with Gasteiger partial charge in [0.1, 0.15) is 11.9 Å². The zero-order chi connectivity index (χ0) is 25.8. The number of aliphatic imine (C=N–C) groups is 1. The Balaban J connectivity index is 0.000000392. The minimum absolute atomic E-state index is 0.244. The highest BCUT2D eigenvalue weighted by Gasteiger charge is 2.22. The molecule has 0 aromatic heterocycles. The third kappa shape index (κ3) is 8.79. The van der Waals surface area contributed by atoms with Crippen molar-refractivity contribution >= 4 is 23.6 Å². The molecule has 0 spiro atoms. The summed E-state index contributed by atoms with van der Waals surface area (Å²) in [5.41, 5.74) is 2.44. The van der Waals surface area contributed by atoms with E-state index in [4.69, 9.17) is 19.7 Å². The molecule has 0 amide bonds. The smallest absolute Gasteiger partial charge is 0.328 e. The molecule has 2 aliphatic heterocycles. The predicted octanol–water partition coefficient (Wildman–Crippen LogP) is 3.44. The largest absolute Gasteiger partial charge is 0.478 e. The van der Waals surface area contributed by atoms with Crippen molar-refractivity contribution in [3.63, 3.8) is 0 Å². The number of nitrogens with one attached hydrogen (secondary N) is 2. The van der Waals surface area contributed by atoms with E-state index in [9.17, 15) is 14.0 Å². The number of guanidine groups is 1. The lowest BCUT2D eigenvalue weighted by Gasteiger charge is -2.26. The van der Waals surface area contributed by atoms with Gasteiger partial charge in [-0.05, 0) is 42.5 Å². The molecule has 0 saturated carbocycles. The quantitative estimate of drug-likeness (QED) is 0.407. The molecule has 4 N–H and O–H groups in total. The Hall–Kier alpha value is -3.76. The van der Waals surface area contributed by atoms with Gasteiger partial charge in [0, 0.05) is 43.2 Å². The molecule has 2 heterocycles. The van der Waals surface area contributed by atoms with Crippen LogP contribution in [0.5, 0.6) is 0 Å². The Morgan fingerprint density at radius 3 is 2.36 bits per heavy atom. The summed E-state index contributed by atoms with van der Waals surface area (Å²) in [7, 11) is 0. The van der Waals surface area contributed by atoms with E-state index in [2.05, 4.69) is 15.6 Å². The van der Waals surface area contributed by atoms with Gasteiger partial charge in [0.2, 0.25) is 0 Å². The Bertz CT molecular complexity index is 1050. The van der Waals surface area contributed by atoms with E-state index in [1.165, 1.54) is 6.07 Å². The summed E-state index contributed by atoms with van der Waals surface area (Å²) in [6, 6.07) is 14.8. The molecule has 2 aliphatic rings. The lowest BCUT2D eigenvalue weighted by molar-refractivity contribution is -0.134. The summed E-state index contributed by atoms with van der Waals surface area (Å²) >= 11 is 0. The Labute approximate surface area is 208 Å². The van der Waals surface area contributed by atoms with Crippen molar-refractivity contribution in [3.05, 3.63) is 77.6 Å². The van der Waals surface area contributed by atoms with Gasteiger partial charge in [0.15, 0.2) is 5.96 Å². The van der Waals surface area contributed by atoms with Crippen molar-refractivity contribution in [1.29, 1.82) is 0 Å². The highest BCUT2D eigenvalue weighted by Crippen LogP contribution is 2.30. The fraction of sp³-hybridized carbons (Fsp3) is 0.346. The zero-order valence-electron chi connectivity index (χ0n) is 19.7. The van der Waals surface area contributed by atoms with Gasteiger partial charge in [-0.1, -0.05) is 30.3 Å². The Morgan fingerprint density at radius 2 is 1.78 bits per heavy atom. The van der Waals surface area contributed by atoms with Gasteiger partial charge in [0.25, 0.3) is 0 Å². The minimum atomic E-state index is -1.26. The highest BCUT2D eigenvalue weighted by atomic mass is 19.1. The standard InChI is InChI=1S/C22H26FN3O2.C4H4O4/c23-20-4-2-1-3-19(20)21(28-15-16-9-13-27-14-10-16)17-5-7-18(8-6-17)26-22-24-11-12-25-22;5-3(6)1-2-4(7)8/h1-8,16,21H,9-15H2,(H2,24,25,26);1-2H,(H,5,6)(H,7,8). The third-order valence-electron chi connectivity index (χ3n) is 5.55. The number of benzene rings is 2. The second kappa shape index (κ2) is 14.0. The van der Waals surface area contributed by atoms with Crippen molar-refractivity contribution in [2.24, 2.45) is 10.9 Å². The number of hydrogen-bond donors (Lipinski definition) is 4. The van der Waals surface area contributed by atoms with Crippen LogP contribution in [0.2, 0.25) is 0 Å². The van der Waals surface area contributed by atoms with Crippen LogP contribution in [-0.4, -0.2) is 61.0 Å². The molecule has 4 rings (SSSR count). The first-order valence-corrected chi connectivity index (χ1v) is 11.7. The van der Waals surface area contributed by atoms with Crippen LogP contribution in [0.15, 0.2) is 65.7 Å². The van der Waals surface area contributed by atoms with Gasteiger partial charge in [-0.2, -0.15) is 0 Å². The van der Waals surface area contributed by atoms with Crippen LogP contribution < -0.4 is 10.6 Å². The first kappa shape index (κ1) is 26.8. The van der Waals surface area contributed by atoms with Crippen molar-refractivity contribution in [1.82, 2.24) is 5.32 Å². The molecule has 1 saturated heterocycles. The number of rotatable bonds is 8. The highest BCUT2D eigenvalue weighted by molar-refractivity contribution is 5.94. The first-order valence-electron chi connectivity index (χ1n) is 11.7. The minimum Gasteiger partial charge on any atom is -0.478 e. The molecule has 9 nitrogen and oxygen atoms in total. The second-order valence-electron chi connectivity index (χ2n) is 8.20. The van der Waals surface area contributed by atoms with Gasteiger partial charge >= 0.3 is 11.9 Å². The summed E-state index contributed by atoms with van der Waals surface area (Å²) in [5.74, 6) is -1.52. The molecule has 192 valence electrons. The fourth-order valence-electron chi connectivity index (χ4n) is 3.70. The molecule has 36 heavy (non-hydrogen) atoms. The van der Waals surface area contributed by atoms with E-state index in [1.54, 1.807) is 12.1 Å². The number of carbonyl (C=O) groups is 2. The van der Waals surface area contributed by atoms with Crippen LogP contribution in [-0.2, 0) is 19.1 Å². The molecule has 1 fully saturated rings. The summed E-state index contributed by atoms with van der Waals surface area (Å²) in [6.07, 6.45) is 2.66. The number of ether oxygens (including phenoxy) is 2. The van der Waals surface area contributed by atoms with Gasteiger partial charge in [-0.25, -0.2) is 14.0 Å². The van der Waals surface area contributed by atoms with E-state index in [0.717, 1.165) is 56.4 Å². The average molecular weight is 500 g/mol. The van der Waals surface area contributed by atoms with E-state index in [1.807, 2.05) is 30.3 Å². The number of anilines is 1. The molecule has 0 bridgehead atoms.